The van der Waals surface area contributed by atoms with E-state index in [-0.39, 0.29) is 5.91 Å². The maximum atomic E-state index is 12.2. The van der Waals surface area contributed by atoms with Gasteiger partial charge in [-0.1, -0.05) is 6.92 Å². The van der Waals surface area contributed by atoms with E-state index in [1.807, 2.05) is 16.7 Å². The maximum Gasteiger partial charge on any atom is 0.289 e. The summed E-state index contributed by atoms with van der Waals surface area (Å²) in [5.41, 5.74) is 5.46. The smallest absolute Gasteiger partial charge is 0.289 e. The lowest BCUT2D eigenvalue weighted by Gasteiger charge is -2.31. The number of nitrogens with two attached hydrogens (primary N) is 1. The van der Waals surface area contributed by atoms with Crippen LogP contribution in [0.3, 0.4) is 0 Å². The molecule has 1 aliphatic heterocycles. The van der Waals surface area contributed by atoms with Gasteiger partial charge in [0.25, 0.3) is 5.91 Å². The summed E-state index contributed by atoms with van der Waals surface area (Å²) in [5, 5.41) is 0.552. The predicted molar refractivity (Wildman–Crippen MR) is 69.0 cm³/mol. The molecule has 1 aromatic rings. The highest BCUT2D eigenvalue weighted by atomic mass is 32.2. The number of furan rings is 1. The number of thioether (sulfide) groups is 1. The van der Waals surface area contributed by atoms with Gasteiger partial charge in [0.1, 0.15) is 5.76 Å². The van der Waals surface area contributed by atoms with Gasteiger partial charge < -0.3 is 15.1 Å². The molecule has 1 aromatic heterocycles. The third-order valence-electron chi connectivity index (χ3n) is 2.95. The van der Waals surface area contributed by atoms with E-state index in [4.69, 9.17) is 10.2 Å². The Morgan fingerprint density at radius 2 is 2.47 bits per heavy atom. The van der Waals surface area contributed by atoms with Gasteiger partial charge in [-0.25, -0.2) is 0 Å². The van der Waals surface area contributed by atoms with Crippen molar-refractivity contribution in [2.75, 3.05) is 18.8 Å². The largest absolute Gasteiger partial charge is 0.455 e. The van der Waals surface area contributed by atoms with Crippen LogP contribution < -0.4 is 5.73 Å². The van der Waals surface area contributed by atoms with Gasteiger partial charge in [-0.05, 0) is 18.6 Å². The van der Waals surface area contributed by atoms with Crippen molar-refractivity contribution in [1.82, 2.24) is 4.90 Å². The van der Waals surface area contributed by atoms with E-state index in [0.29, 0.717) is 23.3 Å². The fourth-order valence-corrected chi connectivity index (χ4v) is 3.09. The molecule has 2 rings (SSSR count). The van der Waals surface area contributed by atoms with Crippen molar-refractivity contribution in [2.45, 2.75) is 25.1 Å². The molecule has 0 saturated carbocycles. The summed E-state index contributed by atoms with van der Waals surface area (Å²) in [6.07, 6.45) is 1.10. The van der Waals surface area contributed by atoms with Gasteiger partial charge in [0.2, 0.25) is 0 Å². The van der Waals surface area contributed by atoms with Gasteiger partial charge in [-0.2, -0.15) is 11.8 Å². The van der Waals surface area contributed by atoms with Crippen molar-refractivity contribution >= 4 is 17.7 Å². The molecule has 0 spiro atoms. The van der Waals surface area contributed by atoms with Gasteiger partial charge >= 0.3 is 0 Å². The van der Waals surface area contributed by atoms with Crippen LogP contribution >= 0.6 is 11.8 Å². The molecule has 17 heavy (non-hydrogen) atoms. The summed E-state index contributed by atoms with van der Waals surface area (Å²) in [4.78, 5) is 14.1. The summed E-state index contributed by atoms with van der Waals surface area (Å²) in [7, 11) is 0. The fraction of sp³-hybridized carbons (Fsp3) is 0.583. The quantitative estimate of drug-likeness (QED) is 0.892. The zero-order valence-electron chi connectivity index (χ0n) is 10.0. The van der Waals surface area contributed by atoms with E-state index in [2.05, 4.69) is 6.92 Å². The first-order valence-corrected chi connectivity index (χ1v) is 6.99. The monoisotopic (exact) mass is 254 g/mol. The Labute approximate surface area is 106 Å². The lowest BCUT2D eigenvalue weighted by molar-refractivity contribution is 0.0727. The molecule has 1 saturated heterocycles. The molecule has 0 bridgehead atoms. The van der Waals surface area contributed by atoms with E-state index >= 15 is 0 Å². The Bertz CT molecular complexity index is 392. The average molecular weight is 254 g/mol. The summed E-state index contributed by atoms with van der Waals surface area (Å²) in [5.74, 6) is 2.07. The Kier molecular flexibility index (Phi) is 4.12. The van der Waals surface area contributed by atoms with Crippen LogP contribution in [0.25, 0.3) is 0 Å². The molecule has 1 fully saturated rings. The minimum absolute atomic E-state index is 0.0107. The van der Waals surface area contributed by atoms with Crippen molar-refractivity contribution in [2.24, 2.45) is 5.73 Å². The molecule has 5 heteroatoms. The lowest BCUT2D eigenvalue weighted by atomic mass is 10.2. The second kappa shape index (κ2) is 5.60. The highest BCUT2D eigenvalue weighted by molar-refractivity contribution is 8.00. The van der Waals surface area contributed by atoms with Gasteiger partial charge in [-0.15, -0.1) is 0 Å². The predicted octanol–water partition coefficient (Wildman–Crippen LogP) is 1.71. The Morgan fingerprint density at radius 3 is 3.12 bits per heavy atom. The normalized spacial score (nSPS) is 20.6. The van der Waals surface area contributed by atoms with Gasteiger partial charge in [-0.3, -0.25) is 4.79 Å². The Balaban J connectivity index is 2.03. The minimum Gasteiger partial charge on any atom is -0.455 e. The number of carbonyl (C=O) groups excluding carboxylic acids is 1. The number of hydrogen-bond donors (Lipinski definition) is 1. The fourth-order valence-electron chi connectivity index (χ4n) is 1.91. The van der Waals surface area contributed by atoms with Crippen LogP contribution in [0.15, 0.2) is 16.5 Å². The van der Waals surface area contributed by atoms with Crippen molar-refractivity contribution in [3.8, 4) is 0 Å². The third-order valence-corrected chi connectivity index (χ3v) is 4.33. The van der Waals surface area contributed by atoms with Crippen LogP contribution in [-0.2, 0) is 6.54 Å². The second-order valence-corrected chi connectivity index (χ2v) is 5.53. The molecule has 0 aromatic carbocycles. The van der Waals surface area contributed by atoms with E-state index < -0.39 is 0 Å². The molecule has 0 radical (unpaired) electrons. The zero-order valence-corrected chi connectivity index (χ0v) is 10.8. The zero-order chi connectivity index (χ0) is 12.3. The number of nitrogens with zero attached hydrogens (tertiary/aromatic N) is 1. The van der Waals surface area contributed by atoms with E-state index in [9.17, 15) is 4.79 Å². The highest BCUT2D eigenvalue weighted by Crippen LogP contribution is 2.22. The van der Waals surface area contributed by atoms with E-state index in [1.54, 1.807) is 12.1 Å². The molecule has 2 heterocycles. The van der Waals surface area contributed by atoms with Crippen molar-refractivity contribution in [3.63, 3.8) is 0 Å². The van der Waals surface area contributed by atoms with Gasteiger partial charge in [0, 0.05) is 24.1 Å². The number of rotatable bonds is 3. The molecular weight excluding hydrogens is 236 g/mol. The first-order valence-electron chi connectivity index (χ1n) is 5.94. The molecule has 1 atom stereocenters. The maximum absolute atomic E-state index is 12.2. The van der Waals surface area contributed by atoms with Crippen LogP contribution in [0, 0.1) is 0 Å². The second-order valence-electron chi connectivity index (χ2n) is 4.12. The topological polar surface area (TPSA) is 59.5 Å². The average Bonchev–Trinajstić information content (AvgIpc) is 2.86. The number of hydrogen-bond acceptors (Lipinski definition) is 4. The lowest BCUT2D eigenvalue weighted by Crippen LogP contribution is -2.41. The Morgan fingerprint density at radius 1 is 1.65 bits per heavy atom. The standard InChI is InChI=1S/C12H18N2O2S/c1-2-10-8-14(5-6-17-10)12(15)11-4-3-9(7-13)16-11/h3-4,10H,2,5-8,13H2,1H3/t10-/m1/s1. The molecule has 94 valence electrons. The molecular formula is C12H18N2O2S. The van der Waals surface area contributed by atoms with Crippen molar-refractivity contribution in [3.05, 3.63) is 23.7 Å². The summed E-state index contributed by atoms with van der Waals surface area (Å²) in [6, 6.07) is 3.48. The summed E-state index contributed by atoms with van der Waals surface area (Å²) >= 11 is 1.94. The first kappa shape index (κ1) is 12.5. The van der Waals surface area contributed by atoms with Crippen LogP contribution in [0.4, 0.5) is 0 Å². The molecule has 0 aliphatic carbocycles. The third kappa shape index (κ3) is 2.84. The van der Waals surface area contributed by atoms with Crippen LogP contribution in [-0.4, -0.2) is 34.9 Å². The molecule has 1 aliphatic rings. The number of carbonyl (C=O) groups is 1. The summed E-state index contributed by atoms with van der Waals surface area (Å²) in [6.45, 7) is 4.11. The van der Waals surface area contributed by atoms with Crippen LogP contribution in [0.5, 0.6) is 0 Å². The van der Waals surface area contributed by atoms with Gasteiger partial charge in [0.15, 0.2) is 5.76 Å². The van der Waals surface area contributed by atoms with E-state index in [0.717, 1.165) is 25.3 Å². The first-order chi connectivity index (χ1) is 8.24. The van der Waals surface area contributed by atoms with E-state index in [1.165, 1.54) is 0 Å². The highest BCUT2D eigenvalue weighted by Gasteiger charge is 2.25. The molecule has 2 N–H and O–H groups in total. The SMILES string of the molecule is CC[C@@H]1CN(C(=O)c2ccc(CN)o2)CCS1. The molecule has 4 nitrogen and oxygen atoms in total. The Hall–Kier alpha value is -0.940. The minimum atomic E-state index is -0.0107. The van der Waals surface area contributed by atoms with Crippen LogP contribution in [0.2, 0.25) is 0 Å². The molecule has 1 amide bonds. The van der Waals surface area contributed by atoms with Crippen LogP contribution in [0.1, 0.15) is 29.7 Å². The van der Waals surface area contributed by atoms with Crippen molar-refractivity contribution in [1.29, 1.82) is 0 Å². The summed E-state index contributed by atoms with van der Waals surface area (Å²) < 4.78 is 5.39. The van der Waals surface area contributed by atoms with Gasteiger partial charge in [0.05, 0.1) is 6.54 Å². The molecule has 0 unspecified atom stereocenters. The van der Waals surface area contributed by atoms with Crippen molar-refractivity contribution < 1.29 is 9.21 Å². The number of amides is 1.